The molecule has 3 aliphatic rings. The summed E-state index contributed by atoms with van der Waals surface area (Å²) >= 11 is 5.55. The molecule has 0 bridgehead atoms. The van der Waals surface area contributed by atoms with Crippen LogP contribution in [0.25, 0.3) is 0 Å². The van der Waals surface area contributed by atoms with E-state index >= 15 is 0 Å². The number of hydrogen-bond acceptors (Lipinski definition) is 7. The van der Waals surface area contributed by atoms with Crippen molar-refractivity contribution in [3.05, 3.63) is 54.5 Å². The van der Waals surface area contributed by atoms with Crippen LogP contribution in [0.2, 0.25) is 0 Å². The molecule has 0 aromatic heterocycles. The van der Waals surface area contributed by atoms with Crippen molar-refractivity contribution in [2.75, 3.05) is 11.7 Å². The fourth-order valence-electron chi connectivity index (χ4n) is 3.17. The molecule has 0 spiro atoms. The zero-order chi connectivity index (χ0) is 19.2. The number of nitrogens with zero attached hydrogens (tertiary/aromatic N) is 1. The first-order valence-electron chi connectivity index (χ1n) is 8.43. The number of nitrogens with one attached hydrogen (secondary N) is 2. The molecule has 0 saturated carbocycles. The van der Waals surface area contributed by atoms with Gasteiger partial charge in [-0.2, -0.15) is 0 Å². The molecule has 1 aromatic carbocycles. The van der Waals surface area contributed by atoms with E-state index in [0.29, 0.717) is 11.4 Å². The SMILES string of the molecule is C=C1NC(=O)C(C)=CN1[C@@H]1O[C@@H]2COP(=S)(Nc3ccccc3)OC2C1O. The van der Waals surface area contributed by atoms with Gasteiger partial charge in [-0.1, -0.05) is 24.8 Å². The Hall–Kier alpha value is -1.74. The van der Waals surface area contributed by atoms with Crippen molar-refractivity contribution in [2.45, 2.75) is 31.5 Å². The lowest BCUT2D eigenvalue weighted by molar-refractivity contribution is -0.119. The number of aliphatic hydroxyl groups is 1. The smallest absolute Gasteiger partial charge is 0.288 e. The molecule has 5 atom stereocenters. The predicted molar refractivity (Wildman–Crippen MR) is 103 cm³/mol. The lowest BCUT2D eigenvalue weighted by Gasteiger charge is -2.35. The van der Waals surface area contributed by atoms with Gasteiger partial charge in [0.2, 0.25) is 0 Å². The maximum atomic E-state index is 11.7. The largest absolute Gasteiger partial charge is 0.386 e. The molecule has 0 radical (unpaired) electrons. The third-order valence-electron chi connectivity index (χ3n) is 4.55. The number of hydrogen-bond donors (Lipinski definition) is 3. The van der Waals surface area contributed by atoms with Crippen LogP contribution in [-0.2, 0) is 30.4 Å². The fourth-order valence-corrected chi connectivity index (χ4v) is 5.54. The number of fused-ring (bicyclic) bond motifs is 1. The molecule has 3 heterocycles. The Labute approximate surface area is 162 Å². The van der Waals surface area contributed by atoms with Crippen molar-refractivity contribution in [1.82, 2.24) is 10.2 Å². The van der Waals surface area contributed by atoms with Crippen molar-refractivity contribution in [2.24, 2.45) is 0 Å². The number of aliphatic hydroxyl groups excluding tert-OH is 1. The van der Waals surface area contributed by atoms with Crippen molar-refractivity contribution >= 4 is 30.0 Å². The van der Waals surface area contributed by atoms with Gasteiger partial charge < -0.3 is 34.2 Å². The van der Waals surface area contributed by atoms with Gasteiger partial charge in [-0.15, -0.1) is 0 Å². The van der Waals surface area contributed by atoms with Crippen molar-refractivity contribution < 1.29 is 23.7 Å². The lowest BCUT2D eigenvalue weighted by Crippen LogP contribution is -2.48. The summed E-state index contributed by atoms with van der Waals surface area (Å²) in [7, 11) is 0. The van der Waals surface area contributed by atoms with E-state index in [2.05, 4.69) is 17.0 Å². The number of benzene rings is 1. The summed E-state index contributed by atoms with van der Waals surface area (Å²) in [6.45, 7) is 2.86. The summed E-state index contributed by atoms with van der Waals surface area (Å²) in [6.07, 6.45) is -1.27. The topological polar surface area (TPSA) is 92.3 Å². The average molecular weight is 409 g/mol. The zero-order valence-corrected chi connectivity index (χ0v) is 16.3. The first-order valence-corrected chi connectivity index (χ1v) is 11.1. The van der Waals surface area contributed by atoms with E-state index in [1.54, 1.807) is 18.0 Å². The lowest BCUT2D eigenvalue weighted by atomic mass is 10.1. The van der Waals surface area contributed by atoms with E-state index < -0.39 is 31.2 Å². The summed E-state index contributed by atoms with van der Waals surface area (Å²) in [6, 6.07) is 9.39. The maximum Gasteiger partial charge on any atom is 0.288 e. The van der Waals surface area contributed by atoms with Gasteiger partial charge in [-0.05, 0) is 30.9 Å². The Kier molecular flexibility index (Phi) is 4.84. The Morgan fingerprint density at radius 3 is 2.89 bits per heavy atom. The zero-order valence-electron chi connectivity index (χ0n) is 14.6. The summed E-state index contributed by atoms with van der Waals surface area (Å²) in [5.41, 5.74) is 1.27. The summed E-state index contributed by atoms with van der Waals surface area (Å²) in [5.74, 6) is 0.0966. The normalized spacial score (nSPS) is 36.1. The molecule has 2 saturated heterocycles. The second kappa shape index (κ2) is 7.01. The molecule has 4 rings (SSSR count). The third-order valence-corrected chi connectivity index (χ3v) is 6.94. The van der Waals surface area contributed by atoms with Crippen molar-refractivity contribution in [3.8, 4) is 0 Å². The van der Waals surface area contributed by atoms with Gasteiger partial charge in [0.1, 0.15) is 24.1 Å². The highest BCUT2D eigenvalue weighted by Crippen LogP contribution is 2.55. The molecule has 3 unspecified atom stereocenters. The Balaban J connectivity index is 1.51. The third kappa shape index (κ3) is 3.54. The number of carbonyl (C=O) groups excluding carboxylic acids is 1. The monoisotopic (exact) mass is 409 g/mol. The van der Waals surface area contributed by atoms with Gasteiger partial charge in [-0.3, -0.25) is 4.79 Å². The molecular weight excluding hydrogens is 389 g/mol. The second-order valence-electron chi connectivity index (χ2n) is 6.52. The maximum absolute atomic E-state index is 11.7. The second-order valence-corrected chi connectivity index (χ2v) is 9.65. The van der Waals surface area contributed by atoms with Crippen LogP contribution in [0, 0.1) is 0 Å². The molecule has 1 amide bonds. The van der Waals surface area contributed by atoms with E-state index in [1.807, 2.05) is 30.3 Å². The van der Waals surface area contributed by atoms with Gasteiger partial charge >= 0.3 is 0 Å². The summed E-state index contributed by atoms with van der Waals surface area (Å²) in [5, 5.41) is 16.6. The number of para-hydroxylation sites is 1. The van der Waals surface area contributed by atoms with Crippen LogP contribution in [-0.4, -0.2) is 47.1 Å². The molecule has 1 aromatic rings. The quantitative estimate of drug-likeness (QED) is 0.649. The standard InChI is InChI=1S/C17H20N3O5PS/c1-10-8-20(11(2)18-16(10)22)17-14(21)15-13(24-17)9-23-26(27,25-15)19-12-6-4-3-5-7-12/h3-8,13-15,17,21H,2,9H2,1H3,(H,18,22)(H,19,27)/t13-,14?,15?,17-,26?/m1/s1. The molecular formula is C17H20N3O5PS. The number of amides is 1. The highest BCUT2D eigenvalue weighted by molar-refractivity contribution is 8.10. The van der Waals surface area contributed by atoms with Gasteiger partial charge in [0.05, 0.1) is 6.61 Å². The highest BCUT2D eigenvalue weighted by atomic mass is 32.5. The van der Waals surface area contributed by atoms with E-state index in [-0.39, 0.29) is 12.5 Å². The van der Waals surface area contributed by atoms with Gasteiger partial charge in [0.15, 0.2) is 6.23 Å². The molecule has 10 heteroatoms. The van der Waals surface area contributed by atoms with Crippen LogP contribution in [0.3, 0.4) is 0 Å². The predicted octanol–water partition coefficient (Wildman–Crippen LogP) is 1.63. The first-order chi connectivity index (χ1) is 12.9. The Bertz CT molecular complexity index is 848. The van der Waals surface area contributed by atoms with Crippen molar-refractivity contribution in [1.29, 1.82) is 0 Å². The van der Waals surface area contributed by atoms with Crippen LogP contribution in [0.5, 0.6) is 0 Å². The highest BCUT2D eigenvalue weighted by Gasteiger charge is 2.52. The Morgan fingerprint density at radius 1 is 1.41 bits per heavy atom. The van der Waals surface area contributed by atoms with Crippen LogP contribution >= 0.6 is 6.64 Å². The summed E-state index contributed by atoms with van der Waals surface area (Å²) in [4.78, 5) is 13.3. The minimum absolute atomic E-state index is 0.199. The van der Waals surface area contributed by atoms with Crippen LogP contribution < -0.4 is 10.4 Å². The molecule has 2 fully saturated rings. The Morgan fingerprint density at radius 2 is 2.15 bits per heavy atom. The van der Waals surface area contributed by atoms with Crippen molar-refractivity contribution in [3.63, 3.8) is 0 Å². The van der Waals surface area contributed by atoms with E-state index in [1.165, 1.54) is 0 Å². The molecule has 3 N–H and O–H groups in total. The van der Waals surface area contributed by atoms with Gasteiger partial charge in [-0.25, -0.2) is 0 Å². The molecule has 144 valence electrons. The van der Waals surface area contributed by atoms with Gasteiger partial charge in [0.25, 0.3) is 12.5 Å². The minimum atomic E-state index is -2.83. The molecule has 27 heavy (non-hydrogen) atoms. The van der Waals surface area contributed by atoms with E-state index in [0.717, 1.165) is 5.69 Å². The number of ether oxygens (including phenoxy) is 1. The van der Waals surface area contributed by atoms with E-state index in [4.69, 9.17) is 25.6 Å². The summed E-state index contributed by atoms with van der Waals surface area (Å²) < 4.78 is 17.7. The van der Waals surface area contributed by atoms with Crippen LogP contribution in [0.4, 0.5) is 5.69 Å². The van der Waals surface area contributed by atoms with E-state index in [9.17, 15) is 9.90 Å². The molecule has 0 aliphatic carbocycles. The minimum Gasteiger partial charge on any atom is -0.386 e. The first kappa shape index (κ1) is 18.6. The number of anilines is 1. The number of carbonyl (C=O) groups is 1. The number of rotatable bonds is 3. The molecule has 3 aliphatic heterocycles. The molecule has 8 nitrogen and oxygen atoms in total. The fraction of sp³-hybridized carbons (Fsp3) is 0.353. The van der Waals surface area contributed by atoms with Crippen LogP contribution in [0.1, 0.15) is 6.92 Å². The van der Waals surface area contributed by atoms with Crippen LogP contribution in [0.15, 0.2) is 54.5 Å². The average Bonchev–Trinajstić information content (AvgIpc) is 2.95. The van der Waals surface area contributed by atoms with Gasteiger partial charge in [0, 0.05) is 17.5 Å².